The van der Waals surface area contributed by atoms with Gasteiger partial charge in [0.15, 0.2) is 5.78 Å². The van der Waals surface area contributed by atoms with Gasteiger partial charge in [-0.2, -0.15) is 0 Å². The molecule has 31 heavy (non-hydrogen) atoms. The quantitative estimate of drug-likeness (QED) is 0.494. The van der Waals surface area contributed by atoms with E-state index in [0.717, 1.165) is 16.6 Å². The Kier molecular flexibility index (Phi) is 5.69. The molecule has 2 heterocycles. The Morgan fingerprint density at radius 3 is 2.81 bits per heavy atom. The number of nitro benzene ring substituents is 1. The smallest absolute Gasteiger partial charge is 0.269 e. The van der Waals surface area contributed by atoms with Crippen LogP contribution in [0.25, 0.3) is 0 Å². The first-order valence-corrected chi connectivity index (χ1v) is 10.6. The fourth-order valence-electron chi connectivity index (χ4n) is 4.07. The molecule has 9 heteroatoms. The predicted molar refractivity (Wildman–Crippen MR) is 118 cm³/mol. The van der Waals surface area contributed by atoms with Crippen molar-refractivity contribution in [1.82, 2.24) is 10.3 Å². The first-order chi connectivity index (χ1) is 14.8. The number of aromatic nitrogens is 1. The van der Waals surface area contributed by atoms with E-state index in [2.05, 4.69) is 31.5 Å². The van der Waals surface area contributed by atoms with Gasteiger partial charge in [0.25, 0.3) is 11.6 Å². The van der Waals surface area contributed by atoms with Gasteiger partial charge in [-0.3, -0.25) is 19.7 Å². The van der Waals surface area contributed by atoms with Gasteiger partial charge in [-0.15, -0.1) is 0 Å². The molecule has 0 saturated carbocycles. The maximum absolute atomic E-state index is 13.3. The number of nitrogens with zero attached hydrogens (tertiary/aromatic N) is 2. The zero-order valence-corrected chi connectivity index (χ0v) is 18.2. The number of nitro groups is 1. The van der Waals surface area contributed by atoms with E-state index in [1.807, 2.05) is 0 Å². The molecule has 1 aromatic heterocycles. The van der Waals surface area contributed by atoms with Gasteiger partial charge in [-0.25, -0.2) is 4.98 Å². The molecule has 0 bridgehead atoms. The number of non-ortho nitro benzene ring substituents is 1. The second kappa shape index (κ2) is 8.43. The van der Waals surface area contributed by atoms with Gasteiger partial charge < -0.3 is 10.6 Å². The molecule has 1 aliphatic heterocycles. The fraction of sp³-hybridized carbons (Fsp3) is 0.227. The molecule has 1 aromatic carbocycles. The second-order valence-corrected chi connectivity index (χ2v) is 8.35. The molecule has 0 fully saturated rings. The summed E-state index contributed by atoms with van der Waals surface area (Å²) in [6.07, 6.45) is 3.37. The van der Waals surface area contributed by atoms with Crippen molar-refractivity contribution in [2.24, 2.45) is 0 Å². The maximum atomic E-state index is 13.3. The highest BCUT2D eigenvalue weighted by Crippen LogP contribution is 2.43. The number of pyridine rings is 1. The van der Waals surface area contributed by atoms with E-state index in [9.17, 15) is 19.7 Å². The molecule has 2 aromatic rings. The molecule has 1 atom stereocenters. The highest BCUT2D eigenvalue weighted by molar-refractivity contribution is 9.10. The lowest BCUT2D eigenvalue weighted by molar-refractivity contribution is -0.384. The van der Waals surface area contributed by atoms with Crippen LogP contribution in [-0.2, 0) is 9.59 Å². The van der Waals surface area contributed by atoms with Gasteiger partial charge >= 0.3 is 0 Å². The van der Waals surface area contributed by atoms with Crippen LogP contribution in [0.1, 0.15) is 37.7 Å². The summed E-state index contributed by atoms with van der Waals surface area (Å²) in [5.41, 5.74) is 2.69. The number of benzene rings is 1. The number of ketones is 1. The summed E-state index contributed by atoms with van der Waals surface area (Å²) in [5, 5.41) is 17.4. The third-order valence-corrected chi connectivity index (χ3v) is 5.87. The number of rotatable bonds is 4. The summed E-state index contributed by atoms with van der Waals surface area (Å²) in [5.74, 6) is -0.800. The number of amides is 1. The lowest BCUT2D eigenvalue weighted by Gasteiger charge is -2.34. The third-order valence-electron chi connectivity index (χ3n) is 5.40. The van der Waals surface area contributed by atoms with E-state index in [1.54, 1.807) is 37.4 Å². The topological polar surface area (TPSA) is 114 Å². The van der Waals surface area contributed by atoms with Crippen LogP contribution in [0, 0.1) is 10.1 Å². The summed E-state index contributed by atoms with van der Waals surface area (Å²) in [6.45, 7) is 1.77. The normalized spacial score (nSPS) is 18.4. The molecule has 1 aliphatic carbocycles. The zero-order chi connectivity index (χ0) is 22.1. The summed E-state index contributed by atoms with van der Waals surface area (Å²) in [7, 11) is 0. The van der Waals surface area contributed by atoms with E-state index < -0.39 is 16.7 Å². The van der Waals surface area contributed by atoms with Crippen LogP contribution in [0.5, 0.6) is 0 Å². The number of halogens is 1. The lowest BCUT2D eigenvalue weighted by Crippen LogP contribution is -2.35. The van der Waals surface area contributed by atoms with Crippen molar-refractivity contribution in [3.8, 4) is 0 Å². The van der Waals surface area contributed by atoms with Crippen molar-refractivity contribution in [2.75, 3.05) is 5.32 Å². The van der Waals surface area contributed by atoms with Gasteiger partial charge in [-0.05, 0) is 53.4 Å². The fourth-order valence-corrected chi connectivity index (χ4v) is 4.30. The number of dihydropyridines is 1. The minimum absolute atomic E-state index is 0.0511. The van der Waals surface area contributed by atoms with Crippen LogP contribution in [0.3, 0.4) is 0 Å². The van der Waals surface area contributed by atoms with Crippen molar-refractivity contribution in [2.45, 2.75) is 32.1 Å². The number of nitrogens with one attached hydrogen (secondary N) is 2. The van der Waals surface area contributed by atoms with Crippen molar-refractivity contribution < 1.29 is 14.5 Å². The molecule has 0 unspecified atom stereocenters. The standard InChI is InChI=1S/C22H19BrN4O4/c1-12-19(22(29)26-18-9-8-14(23)11-24-18)20(13-4-2-5-15(10-13)27(30)31)21-16(25-12)6-3-7-17(21)28/h2,4-5,8-11,20,25H,3,6-7H2,1H3,(H,24,26,29)/t20-/m1/s1. The molecule has 0 radical (unpaired) electrons. The molecular formula is C22H19BrN4O4. The number of carbonyl (C=O) groups excluding carboxylic acids is 2. The Labute approximate surface area is 186 Å². The average molecular weight is 483 g/mol. The SMILES string of the molecule is CC1=C(C(=O)Nc2ccc(Br)cn2)[C@@H](c2cccc([N+](=O)[O-])c2)C2=C(CCCC2=O)N1. The van der Waals surface area contributed by atoms with Crippen LogP contribution in [0.15, 0.2) is 69.6 Å². The van der Waals surface area contributed by atoms with Crippen LogP contribution in [0.4, 0.5) is 11.5 Å². The minimum Gasteiger partial charge on any atom is -0.362 e. The van der Waals surface area contributed by atoms with Gasteiger partial charge in [0, 0.05) is 57.7 Å². The largest absolute Gasteiger partial charge is 0.362 e. The minimum atomic E-state index is -0.695. The molecule has 8 nitrogen and oxygen atoms in total. The average Bonchev–Trinajstić information content (AvgIpc) is 2.74. The molecule has 158 valence electrons. The Hall–Kier alpha value is -3.33. The van der Waals surface area contributed by atoms with Gasteiger partial charge in [-0.1, -0.05) is 12.1 Å². The number of Topliss-reactive ketones (excluding diaryl/α,β-unsaturated/α-hetero) is 1. The number of hydrogen-bond donors (Lipinski definition) is 2. The molecule has 0 saturated heterocycles. The van der Waals surface area contributed by atoms with Crippen molar-refractivity contribution in [3.05, 3.63) is 85.3 Å². The molecule has 4 rings (SSSR count). The number of allylic oxidation sites excluding steroid dienone is 3. The summed E-state index contributed by atoms with van der Waals surface area (Å²) < 4.78 is 0.775. The summed E-state index contributed by atoms with van der Waals surface area (Å²) >= 11 is 3.31. The van der Waals surface area contributed by atoms with E-state index in [-0.39, 0.29) is 11.5 Å². The summed E-state index contributed by atoms with van der Waals surface area (Å²) in [6, 6.07) is 9.53. The van der Waals surface area contributed by atoms with E-state index >= 15 is 0 Å². The van der Waals surface area contributed by atoms with Gasteiger partial charge in [0.2, 0.25) is 0 Å². The van der Waals surface area contributed by atoms with Crippen LogP contribution in [0.2, 0.25) is 0 Å². The van der Waals surface area contributed by atoms with Gasteiger partial charge in [0.1, 0.15) is 5.82 Å². The van der Waals surface area contributed by atoms with E-state index in [4.69, 9.17) is 0 Å². The zero-order valence-electron chi connectivity index (χ0n) is 16.6. The van der Waals surface area contributed by atoms with Crippen molar-refractivity contribution in [3.63, 3.8) is 0 Å². The molecular weight excluding hydrogens is 464 g/mol. The van der Waals surface area contributed by atoms with Gasteiger partial charge in [0.05, 0.1) is 4.92 Å². The van der Waals surface area contributed by atoms with Crippen molar-refractivity contribution >= 4 is 39.1 Å². The molecule has 2 aliphatic rings. The maximum Gasteiger partial charge on any atom is 0.269 e. The number of anilines is 1. The lowest BCUT2D eigenvalue weighted by atomic mass is 9.75. The molecule has 2 N–H and O–H groups in total. The monoisotopic (exact) mass is 482 g/mol. The molecule has 1 amide bonds. The van der Waals surface area contributed by atoms with Crippen molar-refractivity contribution in [1.29, 1.82) is 0 Å². The van der Waals surface area contributed by atoms with Crippen LogP contribution < -0.4 is 10.6 Å². The highest BCUT2D eigenvalue weighted by Gasteiger charge is 2.38. The first-order valence-electron chi connectivity index (χ1n) is 9.76. The number of hydrogen-bond acceptors (Lipinski definition) is 6. The van der Waals surface area contributed by atoms with E-state index in [1.165, 1.54) is 12.1 Å². The first kappa shape index (κ1) is 20.9. The van der Waals surface area contributed by atoms with E-state index in [0.29, 0.717) is 41.1 Å². The Bertz CT molecular complexity index is 1150. The summed E-state index contributed by atoms with van der Waals surface area (Å²) in [4.78, 5) is 41.3. The number of carbonyl (C=O) groups is 2. The Morgan fingerprint density at radius 2 is 2.10 bits per heavy atom. The third kappa shape index (κ3) is 4.13. The highest BCUT2D eigenvalue weighted by atomic mass is 79.9. The second-order valence-electron chi connectivity index (χ2n) is 7.43. The Balaban J connectivity index is 1.80. The predicted octanol–water partition coefficient (Wildman–Crippen LogP) is 4.36. The Morgan fingerprint density at radius 1 is 1.29 bits per heavy atom. The van der Waals surface area contributed by atoms with Crippen LogP contribution in [-0.4, -0.2) is 21.6 Å². The van der Waals surface area contributed by atoms with Crippen LogP contribution >= 0.6 is 15.9 Å². The molecule has 0 spiro atoms.